The van der Waals surface area contributed by atoms with E-state index in [0.717, 1.165) is 35.9 Å². The van der Waals surface area contributed by atoms with Gasteiger partial charge in [0, 0.05) is 32.7 Å². The Hall–Kier alpha value is -2.97. The van der Waals surface area contributed by atoms with Gasteiger partial charge in [-0.1, -0.05) is 24.3 Å². The van der Waals surface area contributed by atoms with Gasteiger partial charge in [0.1, 0.15) is 12.4 Å². The van der Waals surface area contributed by atoms with E-state index < -0.39 is 0 Å². The number of halogens is 1. The van der Waals surface area contributed by atoms with Gasteiger partial charge in [0.2, 0.25) is 5.91 Å². The summed E-state index contributed by atoms with van der Waals surface area (Å²) in [7, 11) is 3.50. The van der Waals surface area contributed by atoms with Crippen LogP contribution in [-0.2, 0) is 18.4 Å². The number of fused-ring (bicyclic) bond motifs is 1. The van der Waals surface area contributed by atoms with Crippen molar-refractivity contribution in [1.82, 2.24) is 24.9 Å². The standard InChI is InChI=1S/C23H28FN5O2/c1-27(22(30)15-29-21-8-4-3-7-20(21)28(2)23(29)31)13-5-6-18-14-19(26-25-18)16-9-11-17(24)12-10-16/h3-4,7-12,18-19,25-26H,5-6,13-15H2,1-2H3. The van der Waals surface area contributed by atoms with Crippen LogP contribution in [0, 0.1) is 5.82 Å². The zero-order valence-electron chi connectivity index (χ0n) is 17.8. The molecular weight excluding hydrogens is 397 g/mol. The van der Waals surface area contributed by atoms with Crippen LogP contribution in [0.3, 0.4) is 0 Å². The molecule has 0 radical (unpaired) electrons. The second kappa shape index (κ2) is 9.03. The van der Waals surface area contributed by atoms with E-state index in [4.69, 9.17) is 0 Å². The van der Waals surface area contributed by atoms with Crippen molar-refractivity contribution >= 4 is 16.9 Å². The molecule has 31 heavy (non-hydrogen) atoms. The molecule has 4 rings (SSSR count). The monoisotopic (exact) mass is 425 g/mol. The molecule has 0 saturated carbocycles. The second-order valence-corrected chi connectivity index (χ2v) is 8.20. The van der Waals surface area contributed by atoms with Gasteiger partial charge in [-0.3, -0.25) is 24.8 Å². The normalized spacial score (nSPS) is 18.5. The van der Waals surface area contributed by atoms with Crippen molar-refractivity contribution in [2.75, 3.05) is 13.6 Å². The maximum atomic E-state index is 13.1. The number of carbonyl (C=O) groups excluding carboxylic acids is 1. The van der Waals surface area contributed by atoms with Gasteiger partial charge < -0.3 is 4.90 Å². The van der Waals surface area contributed by atoms with Crippen molar-refractivity contribution in [1.29, 1.82) is 0 Å². The zero-order valence-corrected chi connectivity index (χ0v) is 17.8. The molecular formula is C23H28FN5O2. The topological polar surface area (TPSA) is 71.3 Å². The van der Waals surface area contributed by atoms with Crippen molar-refractivity contribution in [3.63, 3.8) is 0 Å². The van der Waals surface area contributed by atoms with E-state index in [9.17, 15) is 14.0 Å². The number of nitrogens with zero attached hydrogens (tertiary/aromatic N) is 3. The quantitative estimate of drug-likeness (QED) is 0.610. The molecule has 8 heteroatoms. The number of hydrazine groups is 1. The molecule has 1 amide bonds. The number of carbonyl (C=O) groups is 1. The van der Waals surface area contributed by atoms with Gasteiger partial charge in [-0.2, -0.15) is 0 Å². The Morgan fingerprint density at radius 2 is 1.84 bits per heavy atom. The van der Waals surface area contributed by atoms with Crippen LogP contribution in [0.1, 0.15) is 30.9 Å². The number of rotatable bonds is 7. The van der Waals surface area contributed by atoms with E-state index in [1.165, 1.54) is 16.7 Å². The summed E-state index contributed by atoms with van der Waals surface area (Å²) >= 11 is 0. The molecule has 0 aliphatic carbocycles. The average Bonchev–Trinajstić information content (AvgIpc) is 3.33. The zero-order chi connectivity index (χ0) is 22.0. The Bertz CT molecular complexity index is 1120. The third-order valence-electron chi connectivity index (χ3n) is 6.07. The number of amides is 1. The number of aromatic nitrogens is 2. The van der Waals surface area contributed by atoms with Crippen LogP contribution in [-0.4, -0.2) is 39.6 Å². The first kappa shape index (κ1) is 21.3. The van der Waals surface area contributed by atoms with Crippen molar-refractivity contribution in [2.24, 2.45) is 7.05 Å². The summed E-state index contributed by atoms with van der Waals surface area (Å²) in [5.41, 5.74) is 9.03. The van der Waals surface area contributed by atoms with Crippen LogP contribution >= 0.6 is 0 Å². The van der Waals surface area contributed by atoms with Crippen LogP contribution < -0.4 is 16.5 Å². The second-order valence-electron chi connectivity index (χ2n) is 8.20. The maximum absolute atomic E-state index is 13.1. The fourth-order valence-electron chi connectivity index (χ4n) is 4.20. The van der Waals surface area contributed by atoms with Crippen molar-refractivity contribution in [3.8, 4) is 0 Å². The molecule has 1 aromatic heterocycles. The summed E-state index contributed by atoms with van der Waals surface area (Å²) in [6.07, 6.45) is 2.67. The van der Waals surface area contributed by atoms with Crippen molar-refractivity contribution < 1.29 is 9.18 Å². The SMILES string of the molecule is CN(CCCC1CC(c2ccc(F)cc2)NN1)C(=O)Cn1c(=O)n(C)c2ccccc21. The van der Waals surface area contributed by atoms with Crippen molar-refractivity contribution in [2.45, 2.75) is 37.9 Å². The number of para-hydroxylation sites is 2. The number of likely N-dealkylation sites (N-methyl/N-ethyl adjacent to an activating group) is 1. The largest absolute Gasteiger partial charge is 0.344 e. The van der Waals surface area contributed by atoms with Gasteiger partial charge in [-0.15, -0.1) is 0 Å². The van der Waals surface area contributed by atoms with E-state index in [0.29, 0.717) is 12.6 Å². The van der Waals surface area contributed by atoms with Gasteiger partial charge >= 0.3 is 5.69 Å². The number of hydrogen-bond donors (Lipinski definition) is 2. The molecule has 2 unspecified atom stereocenters. The molecule has 1 saturated heterocycles. The predicted molar refractivity (Wildman–Crippen MR) is 118 cm³/mol. The Morgan fingerprint density at radius 1 is 1.13 bits per heavy atom. The third kappa shape index (κ3) is 4.55. The van der Waals surface area contributed by atoms with Crippen LogP contribution in [0.4, 0.5) is 4.39 Å². The minimum atomic E-state index is -0.232. The summed E-state index contributed by atoms with van der Waals surface area (Å²) in [6.45, 7) is 0.657. The Balaban J connectivity index is 1.27. The fraction of sp³-hybridized carbons (Fsp3) is 0.391. The molecule has 164 valence electrons. The number of nitrogens with one attached hydrogen (secondary N) is 2. The van der Waals surface area contributed by atoms with E-state index in [1.807, 2.05) is 24.3 Å². The fourth-order valence-corrected chi connectivity index (χ4v) is 4.20. The predicted octanol–water partition coefficient (Wildman–Crippen LogP) is 2.33. The van der Waals surface area contributed by atoms with E-state index >= 15 is 0 Å². The first-order chi connectivity index (χ1) is 14.9. The van der Waals surface area contributed by atoms with E-state index in [-0.39, 0.29) is 30.0 Å². The van der Waals surface area contributed by atoms with Gasteiger partial charge in [0.05, 0.1) is 11.0 Å². The van der Waals surface area contributed by atoms with Crippen LogP contribution in [0.15, 0.2) is 53.3 Å². The molecule has 2 heterocycles. The lowest BCUT2D eigenvalue weighted by Crippen LogP contribution is -2.35. The van der Waals surface area contributed by atoms with Crippen LogP contribution in [0.25, 0.3) is 11.0 Å². The highest BCUT2D eigenvalue weighted by Crippen LogP contribution is 2.24. The number of imidazole rings is 1. The molecule has 1 aliphatic rings. The highest BCUT2D eigenvalue weighted by Gasteiger charge is 2.25. The molecule has 7 nitrogen and oxygen atoms in total. The smallest absolute Gasteiger partial charge is 0.329 e. The lowest BCUT2D eigenvalue weighted by atomic mass is 9.99. The molecule has 0 bridgehead atoms. The molecule has 1 aliphatic heterocycles. The molecule has 0 spiro atoms. The molecule has 3 aromatic rings. The summed E-state index contributed by atoms with van der Waals surface area (Å²) in [6, 6.07) is 14.5. The number of benzene rings is 2. The highest BCUT2D eigenvalue weighted by atomic mass is 19.1. The molecule has 2 N–H and O–H groups in total. The number of aryl methyl sites for hydroxylation is 1. The van der Waals surface area contributed by atoms with Crippen LogP contribution in [0.2, 0.25) is 0 Å². The third-order valence-corrected chi connectivity index (χ3v) is 6.07. The minimum absolute atomic E-state index is 0.0343. The van der Waals surface area contributed by atoms with Gasteiger partial charge in [0.25, 0.3) is 0 Å². The average molecular weight is 426 g/mol. The lowest BCUT2D eigenvalue weighted by molar-refractivity contribution is -0.130. The van der Waals surface area contributed by atoms with Gasteiger partial charge in [-0.25, -0.2) is 9.18 Å². The summed E-state index contributed by atoms with van der Waals surface area (Å²) in [4.78, 5) is 26.9. The molecule has 2 atom stereocenters. The first-order valence-corrected chi connectivity index (χ1v) is 10.6. The van der Waals surface area contributed by atoms with Crippen molar-refractivity contribution in [3.05, 3.63) is 70.4 Å². The van der Waals surface area contributed by atoms with Crippen LogP contribution in [0.5, 0.6) is 0 Å². The molecule has 1 fully saturated rings. The Labute approximate surface area is 180 Å². The molecule has 2 aromatic carbocycles. The van der Waals surface area contributed by atoms with Gasteiger partial charge in [-0.05, 0) is 49.1 Å². The summed E-state index contributed by atoms with van der Waals surface area (Å²) in [5, 5.41) is 0. The summed E-state index contributed by atoms with van der Waals surface area (Å²) < 4.78 is 16.2. The van der Waals surface area contributed by atoms with E-state index in [2.05, 4.69) is 10.9 Å². The lowest BCUT2D eigenvalue weighted by Gasteiger charge is -2.18. The Kier molecular flexibility index (Phi) is 6.20. The van der Waals surface area contributed by atoms with Gasteiger partial charge in [0.15, 0.2) is 0 Å². The highest BCUT2D eigenvalue weighted by molar-refractivity contribution is 5.80. The first-order valence-electron chi connectivity index (χ1n) is 10.6. The number of hydrogen-bond acceptors (Lipinski definition) is 4. The van der Waals surface area contributed by atoms with E-state index in [1.54, 1.807) is 35.7 Å². The minimum Gasteiger partial charge on any atom is -0.344 e. The summed E-state index contributed by atoms with van der Waals surface area (Å²) in [5.74, 6) is -0.315. The Morgan fingerprint density at radius 3 is 2.58 bits per heavy atom. The maximum Gasteiger partial charge on any atom is 0.329 e.